The average molecular weight is 451 g/mol. The van der Waals surface area contributed by atoms with E-state index in [1.807, 2.05) is 0 Å². The van der Waals surface area contributed by atoms with Gasteiger partial charge in [0, 0.05) is 21.7 Å². The third-order valence-electron chi connectivity index (χ3n) is 5.61. The van der Waals surface area contributed by atoms with E-state index in [0.29, 0.717) is 16.4 Å². The van der Waals surface area contributed by atoms with Crippen LogP contribution < -0.4 is 10.2 Å². The predicted octanol–water partition coefficient (Wildman–Crippen LogP) is 4.34. The van der Waals surface area contributed by atoms with Crippen LogP contribution in [0.25, 0.3) is 0 Å². The van der Waals surface area contributed by atoms with Crippen LogP contribution in [0.1, 0.15) is 28.0 Å². The van der Waals surface area contributed by atoms with Crippen LogP contribution >= 0.6 is 11.3 Å². The van der Waals surface area contributed by atoms with Crippen molar-refractivity contribution < 1.29 is 18.4 Å². The molecule has 8 heteroatoms. The Bertz CT molecular complexity index is 1230. The van der Waals surface area contributed by atoms with Crippen molar-refractivity contribution >= 4 is 39.6 Å². The molecule has 0 fully saturated rings. The molecular weight excluding hydrogens is 432 g/mol. The normalized spacial score (nSPS) is 15.1. The van der Waals surface area contributed by atoms with E-state index < -0.39 is 5.82 Å². The van der Waals surface area contributed by atoms with E-state index in [4.69, 9.17) is 0 Å². The molecule has 1 aromatic heterocycles. The minimum Gasteiger partial charge on any atom is -0.325 e. The largest absolute Gasteiger partial charge is 0.325 e. The van der Waals surface area contributed by atoms with Gasteiger partial charge in [0.15, 0.2) is 0 Å². The van der Waals surface area contributed by atoms with Gasteiger partial charge in [-0.15, -0.1) is 11.3 Å². The van der Waals surface area contributed by atoms with Gasteiger partial charge in [-0.3, -0.25) is 19.5 Å². The van der Waals surface area contributed by atoms with Crippen molar-refractivity contribution in [3.63, 3.8) is 0 Å². The lowest BCUT2D eigenvalue weighted by Crippen LogP contribution is -2.38. The summed E-state index contributed by atoms with van der Waals surface area (Å²) in [5, 5.41) is 3.42. The molecule has 32 heavy (non-hydrogen) atoms. The molecule has 0 spiro atoms. The number of anilines is 2. The Morgan fingerprint density at radius 1 is 1.03 bits per heavy atom. The van der Waals surface area contributed by atoms with Crippen LogP contribution in [0.2, 0.25) is 0 Å². The number of aliphatic imine (C=N–C) groups is 1. The first-order valence-corrected chi connectivity index (χ1v) is 11.1. The van der Waals surface area contributed by atoms with E-state index in [2.05, 4.69) is 10.3 Å². The summed E-state index contributed by atoms with van der Waals surface area (Å²) < 4.78 is 26.6. The molecule has 3 aromatic rings. The van der Waals surface area contributed by atoms with Crippen LogP contribution in [0.3, 0.4) is 0 Å². The van der Waals surface area contributed by atoms with Gasteiger partial charge in [-0.25, -0.2) is 8.78 Å². The molecule has 1 aliphatic carbocycles. The molecule has 2 aromatic carbocycles. The molecular formula is C24H19F2N3O2S. The van der Waals surface area contributed by atoms with Crippen molar-refractivity contribution in [3.8, 4) is 0 Å². The number of aryl methyl sites for hydroxylation is 1. The summed E-state index contributed by atoms with van der Waals surface area (Å²) in [6.45, 7) is -0.276. The number of rotatable bonds is 4. The van der Waals surface area contributed by atoms with Gasteiger partial charge in [0.1, 0.15) is 29.7 Å². The highest BCUT2D eigenvalue weighted by Gasteiger charge is 2.33. The number of benzene rings is 2. The first-order valence-electron chi connectivity index (χ1n) is 10.3. The fraction of sp³-hybridized carbons (Fsp3) is 0.208. The summed E-state index contributed by atoms with van der Waals surface area (Å²) in [6, 6.07) is 11.6. The predicted molar refractivity (Wildman–Crippen MR) is 121 cm³/mol. The summed E-state index contributed by atoms with van der Waals surface area (Å²) in [4.78, 5) is 33.0. The molecule has 5 rings (SSSR count). The molecule has 0 saturated carbocycles. The van der Waals surface area contributed by atoms with Crippen molar-refractivity contribution in [2.75, 3.05) is 23.3 Å². The molecule has 0 unspecified atom stereocenters. The second-order valence-corrected chi connectivity index (χ2v) is 8.83. The van der Waals surface area contributed by atoms with Crippen molar-refractivity contribution in [3.05, 3.63) is 81.7 Å². The molecule has 162 valence electrons. The molecule has 0 saturated heterocycles. The van der Waals surface area contributed by atoms with Gasteiger partial charge in [0.05, 0.1) is 5.71 Å². The summed E-state index contributed by atoms with van der Waals surface area (Å²) in [7, 11) is 0. The maximum Gasteiger partial charge on any atom is 0.249 e. The maximum atomic E-state index is 13.5. The molecule has 0 atom stereocenters. The lowest BCUT2D eigenvalue weighted by Gasteiger charge is -2.20. The molecule has 0 radical (unpaired) electrons. The van der Waals surface area contributed by atoms with Gasteiger partial charge in [-0.2, -0.15) is 0 Å². The highest BCUT2D eigenvalue weighted by Crippen LogP contribution is 2.43. The Morgan fingerprint density at radius 2 is 1.72 bits per heavy atom. The second kappa shape index (κ2) is 8.27. The van der Waals surface area contributed by atoms with Crippen molar-refractivity contribution in [1.29, 1.82) is 0 Å². The molecule has 2 aliphatic rings. The molecule has 1 aliphatic heterocycles. The van der Waals surface area contributed by atoms with Crippen LogP contribution in [0.5, 0.6) is 0 Å². The van der Waals surface area contributed by atoms with E-state index in [0.717, 1.165) is 36.0 Å². The smallest absolute Gasteiger partial charge is 0.249 e. The lowest BCUT2D eigenvalue weighted by atomic mass is 9.99. The van der Waals surface area contributed by atoms with E-state index in [9.17, 15) is 18.4 Å². The van der Waals surface area contributed by atoms with Gasteiger partial charge < -0.3 is 5.32 Å². The molecule has 5 nitrogen and oxygen atoms in total. The van der Waals surface area contributed by atoms with Crippen LogP contribution in [-0.4, -0.2) is 30.6 Å². The second-order valence-electron chi connectivity index (χ2n) is 7.74. The monoisotopic (exact) mass is 451 g/mol. The number of amides is 2. The first kappa shape index (κ1) is 20.5. The van der Waals surface area contributed by atoms with Crippen molar-refractivity contribution in [2.45, 2.75) is 19.3 Å². The van der Waals surface area contributed by atoms with Gasteiger partial charge in [-0.1, -0.05) is 0 Å². The topological polar surface area (TPSA) is 61.8 Å². The summed E-state index contributed by atoms with van der Waals surface area (Å²) >= 11 is 1.52. The Balaban J connectivity index is 1.50. The lowest BCUT2D eigenvalue weighted by molar-refractivity contribution is -0.120. The Kier molecular flexibility index (Phi) is 5.30. The highest BCUT2D eigenvalue weighted by atomic mass is 32.1. The van der Waals surface area contributed by atoms with Gasteiger partial charge in [-0.05, 0) is 73.4 Å². The summed E-state index contributed by atoms with van der Waals surface area (Å²) in [6.07, 6.45) is 2.84. The van der Waals surface area contributed by atoms with Crippen LogP contribution in [0.4, 0.5) is 19.5 Å². The number of thiophene rings is 1. The number of fused-ring (bicyclic) bond motifs is 3. The average Bonchev–Trinajstić information content (AvgIpc) is 3.34. The summed E-state index contributed by atoms with van der Waals surface area (Å²) in [5.74, 6) is -1.39. The molecule has 1 N–H and O–H groups in total. The number of halogens is 2. The number of carbonyl (C=O) groups excluding carboxylic acids is 2. The highest BCUT2D eigenvalue weighted by molar-refractivity contribution is 7.17. The zero-order valence-corrected chi connectivity index (χ0v) is 17.8. The van der Waals surface area contributed by atoms with Crippen molar-refractivity contribution in [2.24, 2.45) is 4.99 Å². The number of carbonyl (C=O) groups is 2. The SMILES string of the molecule is O=C(CN1C(=O)CN=C(c2ccc(F)cc2)c2c1sc1c2CCC1)Nc1ccc(F)cc1. The van der Waals surface area contributed by atoms with Gasteiger partial charge >= 0.3 is 0 Å². The molecule has 2 amide bonds. The van der Waals surface area contributed by atoms with E-state index in [1.165, 1.54) is 57.5 Å². The fourth-order valence-electron chi connectivity index (χ4n) is 4.13. The third-order valence-corrected chi connectivity index (χ3v) is 6.92. The third kappa shape index (κ3) is 3.82. The number of nitrogens with zero attached hydrogens (tertiary/aromatic N) is 2. The fourth-order valence-corrected chi connectivity index (χ4v) is 5.53. The molecule has 2 heterocycles. The van der Waals surface area contributed by atoms with Gasteiger partial charge in [0.25, 0.3) is 0 Å². The zero-order chi connectivity index (χ0) is 22.2. The quantitative estimate of drug-likeness (QED) is 0.642. The first-order chi connectivity index (χ1) is 15.5. The van der Waals surface area contributed by atoms with Gasteiger partial charge in [0.2, 0.25) is 11.8 Å². The zero-order valence-electron chi connectivity index (χ0n) is 17.0. The van der Waals surface area contributed by atoms with E-state index >= 15 is 0 Å². The number of hydrogen-bond acceptors (Lipinski definition) is 4. The number of nitrogens with one attached hydrogen (secondary N) is 1. The Hall–Kier alpha value is -3.39. The van der Waals surface area contributed by atoms with E-state index in [-0.39, 0.29) is 30.7 Å². The van der Waals surface area contributed by atoms with Crippen LogP contribution in [-0.2, 0) is 22.4 Å². The Labute approximate surface area is 187 Å². The van der Waals surface area contributed by atoms with Crippen molar-refractivity contribution in [1.82, 2.24) is 0 Å². The minimum atomic E-state index is -0.395. The van der Waals surface area contributed by atoms with Crippen LogP contribution in [0, 0.1) is 11.6 Å². The maximum absolute atomic E-state index is 13.5. The van der Waals surface area contributed by atoms with E-state index in [1.54, 1.807) is 12.1 Å². The minimum absolute atomic E-state index is 0.104. The summed E-state index contributed by atoms with van der Waals surface area (Å²) in [5.41, 5.74) is 3.89. The standard InChI is InChI=1S/C24H19F2N3O2S/c25-15-6-4-14(5-7-15)23-22-18-2-1-3-19(18)32-24(22)29(21(31)12-27-23)13-20(30)28-17-10-8-16(26)9-11-17/h4-11H,1-3,12-13H2,(H,28,30). The Morgan fingerprint density at radius 3 is 2.44 bits per heavy atom. The molecule has 0 bridgehead atoms. The van der Waals surface area contributed by atoms with Crippen LogP contribution in [0.15, 0.2) is 53.5 Å². The number of hydrogen-bond donors (Lipinski definition) is 1.